The number of rotatable bonds is 5. The highest BCUT2D eigenvalue weighted by Gasteiger charge is 2.25. The molecule has 0 fully saturated rings. The lowest BCUT2D eigenvalue weighted by Gasteiger charge is -2.05. The van der Waals surface area contributed by atoms with E-state index in [1.165, 1.54) is 16.4 Å². The molecule has 0 radical (unpaired) electrons. The third kappa shape index (κ3) is 3.32. The summed E-state index contributed by atoms with van der Waals surface area (Å²) in [5.41, 5.74) is 6.32. The third-order valence-electron chi connectivity index (χ3n) is 2.82. The molecular formula is C11H13N7O3S2. The number of carbonyl (C=O) groups is 1. The van der Waals surface area contributed by atoms with E-state index in [2.05, 4.69) is 30.2 Å². The number of carbonyl (C=O) groups excluding carboxylic acids is 1. The van der Waals surface area contributed by atoms with Crippen molar-refractivity contribution in [3.8, 4) is 5.82 Å². The van der Waals surface area contributed by atoms with Gasteiger partial charge in [-0.2, -0.15) is 4.68 Å². The zero-order chi connectivity index (χ0) is 16.2. The van der Waals surface area contributed by atoms with E-state index in [-0.39, 0.29) is 23.9 Å². The Hall–Kier alpha value is -2.08. The van der Waals surface area contributed by atoms with Gasteiger partial charge in [-0.15, -0.1) is 5.10 Å². The van der Waals surface area contributed by atoms with E-state index < -0.39 is 5.97 Å². The highest BCUT2D eigenvalue weighted by atomic mass is 32.2. The van der Waals surface area contributed by atoms with Gasteiger partial charge in [-0.25, -0.2) is 9.42 Å². The summed E-state index contributed by atoms with van der Waals surface area (Å²) in [6, 6.07) is 0. The summed E-state index contributed by atoms with van der Waals surface area (Å²) in [7, 11) is 0. The Morgan fingerprint density at radius 3 is 3.04 bits per heavy atom. The summed E-state index contributed by atoms with van der Waals surface area (Å²) in [5.74, 6) is 1.07. The molecule has 2 aromatic heterocycles. The number of hydrogen-bond acceptors (Lipinski definition) is 11. The van der Waals surface area contributed by atoms with Gasteiger partial charge in [-0.3, -0.25) is 4.99 Å². The number of aliphatic imine (C=N–C) groups is 1. The molecule has 0 atom stereocenters. The number of anilines is 1. The van der Waals surface area contributed by atoms with Crippen LogP contribution in [0.5, 0.6) is 0 Å². The molecule has 1 aliphatic heterocycles. The molecule has 122 valence electrons. The highest BCUT2D eigenvalue weighted by molar-refractivity contribution is 8.38. The molecule has 0 unspecified atom stereocenters. The summed E-state index contributed by atoms with van der Waals surface area (Å²) >= 11 is 3.16. The average Bonchev–Trinajstić information content (AvgIpc) is 3.25. The van der Waals surface area contributed by atoms with E-state index in [0.717, 1.165) is 16.7 Å². The second kappa shape index (κ2) is 7.00. The minimum absolute atomic E-state index is 0.0594. The van der Waals surface area contributed by atoms with Gasteiger partial charge in [0.1, 0.15) is 4.38 Å². The Bertz CT molecular complexity index is 742. The number of ether oxygens (including phenoxy) is 1. The molecule has 1 aliphatic rings. The molecule has 0 aromatic carbocycles. The van der Waals surface area contributed by atoms with Crippen molar-refractivity contribution in [1.29, 1.82) is 0 Å². The molecule has 0 saturated carbocycles. The van der Waals surface area contributed by atoms with Crippen LogP contribution in [0.25, 0.3) is 5.82 Å². The lowest BCUT2D eigenvalue weighted by atomic mass is 10.3. The van der Waals surface area contributed by atoms with Gasteiger partial charge in [0.05, 0.1) is 18.8 Å². The number of nitrogens with zero attached hydrogens (tertiary/aromatic N) is 6. The van der Waals surface area contributed by atoms with Crippen molar-refractivity contribution in [3.63, 3.8) is 0 Å². The fraction of sp³-hybridized carbons (Fsp3) is 0.455. The molecule has 0 bridgehead atoms. The zero-order valence-electron chi connectivity index (χ0n) is 12.1. The summed E-state index contributed by atoms with van der Waals surface area (Å²) < 4.78 is 11.9. The van der Waals surface area contributed by atoms with Crippen molar-refractivity contribution in [2.75, 3.05) is 24.6 Å². The lowest BCUT2D eigenvalue weighted by molar-refractivity contribution is 0.0518. The first-order valence-corrected chi connectivity index (χ1v) is 8.68. The fourth-order valence-corrected chi connectivity index (χ4v) is 3.83. The van der Waals surface area contributed by atoms with Gasteiger partial charge in [0, 0.05) is 11.5 Å². The smallest absolute Gasteiger partial charge is 0.360 e. The van der Waals surface area contributed by atoms with E-state index >= 15 is 0 Å². The number of hydrogen-bond donors (Lipinski definition) is 1. The van der Waals surface area contributed by atoms with Crippen LogP contribution < -0.4 is 5.73 Å². The molecule has 12 heteroatoms. The maximum absolute atomic E-state index is 12.1. The Kier molecular flexibility index (Phi) is 4.81. The molecule has 0 spiro atoms. The van der Waals surface area contributed by atoms with E-state index in [4.69, 9.17) is 10.5 Å². The predicted molar refractivity (Wildman–Crippen MR) is 85.6 cm³/mol. The molecule has 3 heterocycles. The van der Waals surface area contributed by atoms with E-state index in [1.807, 2.05) is 0 Å². The van der Waals surface area contributed by atoms with Crippen LogP contribution >= 0.6 is 23.5 Å². The molecular weight excluding hydrogens is 342 g/mol. The third-order valence-corrected chi connectivity index (χ3v) is 5.08. The van der Waals surface area contributed by atoms with E-state index in [1.54, 1.807) is 18.7 Å². The maximum Gasteiger partial charge on any atom is 0.360 e. The minimum atomic E-state index is -0.551. The second-order valence-electron chi connectivity index (χ2n) is 4.27. The maximum atomic E-state index is 12.1. The van der Waals surface area contributed by atoms with Crippen molar-refractivity contribution < 1.29 is 14.2 Å². The second-order valence-corrected chi connectivity index (χ2v) is 6.58. The number of nitrogen functional groups attached to an aromatic ring is 1. The highest BCUT2D eigenvalue weighted by Crippen LogP contribution is 2.27. The summed E-state index contributed by atoms with van der Waals surface area (Å²) in [5, 5.41) is 15.0. The first-order chi connectivity index (χ1) is 11.2. The minimum Gasteiger partial charge on any atom is -0.461 e. The van der Waals surface area contributed by atoms with Crippen LogP contribution in [0.3, 0.4) is 0 Å². The molecule has 2 aromatic rings. The van der Waals surface area contributed by atoms with Gasteiger partial charge >= 0.3 is 5.97 Å². The van der Waals surface area contributed by atoms with Crippen molar-refractivity contribution in [2.24, 2.45) is 4.99 Å². The SMILES string of the molecule is CCOC(=O)c1nnn(-c2nonc2N)c1CSC1=NCCS1. The fourth-order valence-electron chi connectivity index (χ4n) is 1.83. The normalized spacial score (nSPS) is 14.0. The molecule has 0 amide bonds. The first kappa shape index (κ1) is 15.8. The van der Waals surface area contributed by atoms with Crippen LogP contribution in [0.15, 0.2) is 9.62 Å². The number of aromatic nitrogens is 5. The van der Waals surface area contributed by atoms with Gasteiger partial charge in [0.25, 0.3) is 0 Å². The molecule has 23 heavy (non-hydrogen) atoms. The molecule has 2 N–H and O–H groups in total. The quantitative estimate of drug-likeness (QED) is 0.765. The van der Waals surface area contributed by atoms with Gasteiger partial charge in [0.2, 0.25) is 11.6 Å². The van der Waals surface area contributed by atoms with Gasteiger partial charge < -0.3 is 10.5 Å². The van der Waals surface area contributed by atoms with Crippen molar-refractivity contribution in [1.82, 2.24) is 25.3 Å². The van der Waals surface area contributed by atoms with Gasteiger partial charge in [0.15, 0.2) is 5.69 Å². The summed E-state index contributed by atoms with van der Waals surface area (Å²) in [6.45, 7) is 2.77. The summed E-state index contributed by atoms with van der Waals surface area (Å²) in [4.78, 5) is 16.4. The van der Waals surface area contributed by atoms with Crippen LogP contribution in [-0.4, -0.2) is 54.6 Å². The number of esters is 1. The molecule has 10 nitrogen and oxygen atoms in total. The van der Waals surface area contributed by atoms with Gasteiger partial charge in [-0.05, 0) is 17.2 Å². The molecule has 3 rings (SSSR count). The lowest BCUT2D eigenvalue weighted by Crippen LogP contribution is -2.11. The topological polar surface area (TPSA) is 134 Å². The van der Waals surface area contributed by atoms with E-state index in [0.29, 0.717) is 11.4 Å². The predicted octanol–water partition coefficient (Wildman–Crippen LogP) is 0.745. The number of nitrogens with two attached hydrogens (primary N) is 1. The van der Waals surface area contributed by atoms with Crippen LogP contribution in [0, 0.1) is 0 Å². The van der Waals surface area contributed by atoms with E-state index in [9.17, 15) is 4.79 Å². The monoisotopic (exact) mass is 355 g/mol. The Labute approximate surface area is 139 Å². The van der Waals surface area contributed by atoms with Crippen LogP contribution in [0.4, 0.5) is 5.82 Å². The average molecular weight is 355 g/mol. The standard InChI is InChI=1S/C11H13N7O3S2/c1-2-20-10(19)7-6(5-23-11-13-3-4-22-11)18(17-14-7)9-8(12)15-21-16-9/h2-5H2,1H3,(H2,12,15). The largest absolute Gasteiger partial charge is 0.461 e. The zero-order valence-corrected chi connectivity index (χ0v) is 13.8. The Morgan fingerprint density at radius 1 is 1.52 bits per heavy atom. The summed E-state index contributed by atoms with van der Waals surface area (Å²) in [6.07, 6.45) is 0. The number of thioether (sulfide) groups is 2. The van der Waals surface area contributed by atoms with Crippen molar-refractivity contribution >= 4 is 39.7 Å². The van der Waals surface area contributed by atoms with Crippen LogP contribution in [-0.2, 0) is 10.5 Å². The molecule has 0 saturated heterocycles. The Balaban J connectivity index is 1.92. The first-order valence-electron chi connectivity index (χ1n) is 6.70. The van der Waals surface area contributed by atoms with Crippen LogP contribution in [0.2, 0.25) is 0 Å². The Morgan fingerprint density at radius 2 is 2.39 bits per heavy atom. The van der Waals surface area contributed by atoms with Crippen molar-refractivity contribution in [2.45, 2.75) is 12.7 Å². The van der Waals surface area contributed by atoms with Gasteiger partial charge in [-0.1, -0.05) is 28.7 Å². The molecule has 0 aliphatic carbocycles. The van der Waals surface area contributed by atoms with Crippen LogP contribution in [0.1, 0.15) is 23.1 Å². The van der Waals surface area contributed by atoms with Crippen molar-refractivity contribution in [3.05, 3.63) is 11.4 Å².